The molecule has 6 heteroatoms. The number of Topliss-reactive ketones (excluding diaryl/α,β-unsaturated/α-hetero) is 1. The third kappa shape index (κ3) is 2.57. The molecular weight excluding hydrogens is 390 g/mol. The van der Waals surface area contributed by atoms with E-state index in [1.807, 2.05) is 6.92 Å². The molecule has 0 spiro atoms. The summed E-state index contributed by atoms with van der Waals surface area (Å²) in [7, 11) is 0. The molecule has 0 bridgehead atoms. The van der Waals surface area contributed by atoms with E-state index in [9.17, 15) is 15.2 Å². The highest BCUT2D eigenvalue weighted by atomic mass is 16.6. The highest BCUT2D eigenvalue weighted by Crippen LogP contribution is 2.74. The number of epoxide rings is 1. The molecule has 2 heterocycles. The van der Waals surface area contributed by atoms with Crippen LogP contribution in [0, 0.1) is 45.8 Å². The van der Waals surface area contributed by atoms with Crippen LogP contribution in [0.5, 0.6) is 0 Å². The first-order chi connectivity index (χ1) is 14.8. The van der Waals surface area contributed by atoms with Crippen LogP contribution in [0.3, 0.4) is 0 Å². The minimum absolute atomic E-state index is 0.0791. The number of carbonyl (C=O) groups is 1. The fraction of sp³-hybridized carbons (Fsp3) is 0.800. The van der Waals surface area contributed by atoms with Crippen LogP contribution in [0.2, 0.25) is 0 Å². The van der Waals surface area contributed by atoms with Crippen LogP contribution in [-0.2, 0) is 16.1 Å². The van der Waals surface area contributed by atoms with Gasteiger partial charge in [0.05, 0.1) is 29.6 Å². The number of ether oxygens (including phenoxy) is 1. The molecule has 1 aromatic rings. The minimum atomic E-state index is -0.694. The maximum atomic E-state index is 14.3. The first kappa shape index (κ1) is 19.9. The predicted molar refractivity (Wildman–Crippen MR) is 113 cm³/mol. The Labute approximate surface area is 184 Å². The number of nitrogens with zero attached hydrogens (tertiary/aromatic N) is 3. The second-order valence-electron chi connectivity index (χ2n) is 11.6. The molecule has 4 saturated carbocycles. The third-order valence-corrected chi connectivity index (χ3v) is 10.3. The summed E-state index contributed by atoms with van der Waals surface area (Å²) in [6, 6.07) is 2.11. The summed E-state index contributed by atoms with van der Waals surface area (Å²) in [5, 5.41) is 25.0. The van der Waals surface area contributed by atoms with Gasteiger partial charge in [-0.15, -0.1) is 0 Å². The zero-order chi connectivity index (χ0) is 21.6. The number of hydrogen-bond acceptors (Lipinski definition) is 5. The standard InChI is InChI=1S/C25H33N3O3/c1-23-10-19-22(31-19)18(23)6-5-17-21-16(4-3-8-24(21,2)30)7-9-25(17,23)20(29)14-28-13-15(11-26)12-27-28/h12-13,16-19,21-22,30H,3-10,14H2,1-2H3/t16-,17?,18+,19?,21?,22+,23-,24+,25+/m0/s1. The summed E-state index contributed by atoms with van der Waals surface area (Å²) in [5.41, 5.74) is -0.720. The average molecular weight is 424 g/mol. The zero-order valence-corrected chi connectivity index (χ0v) is 18.6. The Morgan fingerprint density at radius 2 is 2.10 bits per heavy atom. The number of ketones is 1. The van der Waals surface area contributed by atoms with Crippen LogP contribution in [0.1, 0.15) is 70.8 Å². The van der Waals surface area contributed by atoms with E-state index in [1.54, 1.807) is 10.9 Å². The monoisotopic (exact) mass is 423 g/mol. The van der Waals surface area contributed by atoms with Gasteiger partial charge in [0.2, 0.25) is 0 Å². The minimum Gasteiger partial charge on any atom is -0.390 e. The fourth-order valence-electron chi connectivity index (χ4n) is 9.12. The maximum Gasteiger partial charge on any atom is 0.161 e. The number of nitriles is 1. The van der Waals surface area contributed by atoms with Gasteiger partial charge in [0, 0.05) is 11.6 Å². The van der Waals surface area contributed by atoms with Gasteiger partial charge >= 0.3 is 0 Å². The molecule has 6 nitrogen and oxygen atoms in total. The Morgan fingerprint density at radius 3 is 2.87 bits per heavy atom. The van der Waals surface area contributed by atoms with Gasteiger partial charge in [-0.3, -0.25) is 9.48 Å². The number of aliphatic hydroxyl groups is 1. The molecule has 4 aliphatic carbocycles. The molecule has 0 aromatic carbocycles. The molecule has 31 heavy (non-hydrogen) atoms. The molecule has 166 valence electrons. The molecule has 1 aliphatic heterocycles. The molecule has 1 aromatic heterocycles. The van der Waals surface area contributed by atoms with Gasteiger partial charge in [-0.25, -0.2) is 0 Å². The number of carbonyl (C=O) groups excluding carboxylic acids is 1. The van der Waals surface area contributed by atoms with Crippen LogP contribution >= 0.6 is 0 Å². The molecule has 0 amide bonds. The van der Waals surface area contributed by atoms with Crippen molar-refractivity contribution in [3.8, 4) is 6.07 Å². The summed E-state index contributed by atoms with van der Waals surface area (Å²) in [6.45, 7) is 4.61. The quantitative estimate of drug-likeness (QED) is 0.752. The van der Waals surface area contributed by atoms with E-state index in [1.165, 1.54) is 12.6 Å². The van der Waals surface area contributed by atoms with Crippen molar-refractivity contribution in [3.63, 3.8) is 0 Å². The summed E-state index contributed by atoms with van der Waals surface area (Å²) >= 11 is 0. The first-order valence-corrected chi connectivity index (χ1v) is 12.1. The lowest BCUT2D eigenvalue weighted by Crippen LogP contribution is -2.65. The SMILES string of the molecule is C[C@]12CC3O[C@@H]3[C@H]1CCC1C3[C@@H](CCC[C@@]3(C)O)CC[C@]12C(=O)Cn1cc(C#N)cn1. The van der Waals surface area contributed by atoms with Crippen molar-refractivity contribution in [1.82, 2.24) is 9.78 Å². The number of aromatic nitrogens is 2. The highest BCUT2D eigenvalue weighted by Gasteiger charge is 2.74. The van der Waals surface area contributed by atoms with Crippen molar-refractivity contribution in [2.75, 3.05) is 0 Å². The lowest BCUT2D eigenvalue weighted by molar-refractivity contribution is -0.208. The normalized spacial score (nSPS) is 49.9. The first-order valence-electron chi connectivity index (χ1n) is 12.1. The number of hydrogen-bond donors (Lipinski definition) is 1. The van der Waals surface area contributed by atoms with E-state index in [2.05, 4.69) is 18.1 Å². The number of rotatable bonds is 3. The molecular formula is C25H33N3O3. The predicted octanol–water partition coefficient (Wildman–Crippen LogP) is 3.47. The Kier molecular flexibility index (Phi) is 4.13. The van der Waals surface area contributed by atoms with E-state index >= 15 is 0 Å². The van der Waals surface area contributed by atoms with E-state index in [4.69, 9.17) is 4.74 Å². The van der Waals surface area contributed by atoms with Crippen LogP contribution in [-0.4, -0.2) is 38.5 Å². The molecule has 5 fully saturated rings. The molecule has 1 N–H and O–H groups in total. The number of fused-ring (bicyclic) bond motifs is 7. The van der Waals surface area contributed by atoms with Crippen LogP contribution in [0.15, 0.2) is 12.4 Å². The van der Waals surface area contributed by atoms with Gasteiger partial charge in [-0.1, -0.05) is 13.3 Å². The zero-order valence-electron chi connectivity index (χ0n) is 18.6. The topological polar surface area (TPSA) is 91.4 Å². The molecule has 0 radical (unpaired) electrons. The van der Waals surface area contributed by atoms with Crippen LogP contribution in [0.4, 0.5) is 0 Å². The van der Waals surface area contributed by atoms with Crippen LogP contribution < -0.4 is 0 Å². The van der Waals surface area contributed by atoms with E-state index in [0.717, 1.165) is 44.9 Å². The van der Waals surface area contributed by atoms with Gasteiger partial charge in [-0.2, -0.15) is 10.4 Å². The van der Waals surface area contributed by atoms with Crippen molar-refractivity contribution >= 4 is 5.78 Å². The second-order valence-corrected chi connectivity index (χ2v) is 11.6. The lowest BCUT2D eigenvalue weighted by Gasteiger charge is -2.65. The van der Waals surface area contributed by atoms with Gasteiger partial charge < -0.3 is 9.84 Å². The van der Waals surface area contributed by atoms with E-state index < -0.39 is 11.0 Å². The largest absolute Gasteiger partial charge is 0.390 e. The van der Waals surface area contributed by atoms with Crippen molar-refractivity contribution in [2.24, 2.45) is 34.5 Å². The highest BCUT2D eigenvalue weighted by molar-refractivity contribution is 5.86. The Balaban J connectivity index is 1.43. The lowest BCUT2D eigenvalue weighted by atomic mass is 9.38. The van der Waals surface area contributed by atoms with Crippen molar-refractivity contribution in [3.05, 3.63) is 18.0 Å². The third-order valence-electron chi connectivity index (χ3n) is 10.3. The maximum absolute atomic E-state index is 14.3. The van der Waals surface area contributed by atoms with Crippen molar-refractivity contribution in [1.29, 1.82) is 5.26 Å². The van der Waals surface area contributed by atoms with Crippen LogP contribution in [0.25, 0.3) is 0 Å². The van der Waals surface area contributed by atoms with Crippen molar-refractivity contribution in [2.45, 2.75) is 89.6 Å². The molecule has 1 saturated heterocycles. The van der Waals surface area contributed by atoms with Gasteiger partial charge in [0.15, 0.2) is 5.78 Å². The average Bonchev–Trinajstić information content (AvgIpc) is 3.19. The molecule has 9 atom stereocenters. The van der Waals surface area contributed by atoms with E-state index in [-0.39, 0.29) is 29.6 Å². The van der Waals surface area contributed by atoms with Gasteiger partial charge in [-0.05, 0) is 81.0 Å². The molecule has 5 aliphatic rings. The van der Waals surface area contributed by atoms with Gasteiger partial charge in [0.25, 0.3) is 0 Å². The molecule has 6 rings (SSSR count). The second kappa shape index (κ2) is 6.42. The Bertz CT molecular complexity index is 963. The summed E-state index contributed by atoms with van der Waals surface area (Å²) in [4.78, 5) is 14.3. The smallest absolute Gasteiger partial charge is 0.161 e. The van der Waals surface area contributed by atoms with Gasteiger partial charge in [0.1, 0.15) is 12.6 Å². The fourth-order valence-corrected chi connectivity index (χ4v) is 9.12. The summed E-state index contributed by atoms with van der Waals surface area (Å²) in [6.07, 6.45) is 12.0. The van der Waals surface area contributed by atoms with E-state index in [0.29, 0.717) is 29.6 Å². The Hall–Kier alpha value is -1.71. The molecule has 3 unspecified atom stereocenters. The Morgan fingerprint density at radius 1 is 1.29 bits per heavy atom. The summed E-state index contributed by atoms with van der Waals surface area (Å²) in [5.74, 6) is 1.64. The van der Waals surface area contributed by atoms with Crippen molar-refractivity contribution < 1.29 is 14.6 Å². The summed E-state index contributed by atoms with van der Waals surface area (Å²) < 4.78 is 7.61.